The van der Waals surface area contributed by atoms with Crippen LogP contribution in [0.4, 0.5) is 0 Å². The minimum Gasteiger partial charge on any atom is -0.301 e. The molecule has 0 heterocycles. The predicted octanol–water partition coefficient (Wildman–Crippen LogP) is 3.16. The first-order valence-corrected chi connectivity index (χ1v) is 4.79. The van der Waals surface area contributed by atoms with Crippen LogP contribution in [0.3, 0.4) is 0 Å². The summed E-state index contributed by atoms with van der Waals surface area (Å²) < 4.78 is 0. The minimum absolute atomic E-state index is 0.594. The van der Waals surface area contributed by atoms with Gasteiger partial charge in [0, 0.05) is 12.5 Å². The normalized spacial score (nSPS) is 21.9. The third-order valence-electron chi connectivity index (χ3n) is 2.39. The van der Waals surface area contributed by atoms with Gasteiger partial charge in [-0.05, 0) is 26.5 Å². The SMILES string of the molecule is C=NCC/C(=C/C)C1C=CC=CC1. The van der Waals surface area contributed by atoms with Crippen LogP contribution in [0.5, 0.6) is 0 Å². The first kappa shape index (κ1) is 9.97. The van der Waals surface area contributed by atoms with Crippen molar-refractivity contribution in [2.75, 3.05) is 6.54 Å². The van der Waals surface area contributed by atoms with E-state index in [0.29, 0.717) is 5.92 Å². The van der Waals surface area contributed by atoms with E-state index in [1.54, 1.807) is 0 Å². The highest BCUT2D eigenvalue weighted by Gasteiger charge is 2.09. The molecule has 0 spiro atoms. The lowest BCUT2D eigenvalue weighted by molar-refractivity contribution is 0.715. The standard InChI is InChI=1S/C12H17N/c1-3-11(9-10-13-2)12-7-5-4-6-8-12/h3-7,12H,2,8-10H2,1H3/b11-3-. The average Bonchev–Trinajstić information content (AvgIpc) is 2.21. The Morgan fingerprint density at radius 2 is 2.46 bits per heavy atom. The highest BCUT2D eigenvalue weighted by atomic mass is 14.7. The molecule has 0 aliphatic heterocycles. The van der Waals surface area contributed by atoms with Crippen molar-refractivity contribution >= 4 is 6.72 Å². The zero-order valence-electron chi connectivity index (χ0n) is 8.24. The lowest BCUT2D eigenvalue weighted by Gasteiger charge is -2.16. The zero-order chi connectivity index (χ0) is 9.52. The summed E-state index contributed by atoms with van der Waals surface area (Å²) in [6, 6.07) is 0. The van der Waals surface area contributed by atoms with Crippen molar-refractivity contribution in [2.24, 2.45) is 10.9 Å². The molecular formula is C12H17N. The number of hydrogen-bond acceptors (Lipinski definition) is 1. The maximum atomic E-state index is 3.89. The van der Waals surface area contributed by atoms with Crippen molar-refractivity contribution in [3.8, 4) is 0 Å². The van der Waals surface area contributed by atoms with Gasteiger partial charge in [0.2, 0.25) is 0 Å². The van der Waals surface area contributed by atoms with Gasteiger partial charge in [-0.15, -0.1) is 0 Å². The lowest BCUT2D eigenvalue weighted by atomic mass is 9.90. The molecule has 1 nitrogen and oxygen atoms in total. The predicted molar refractivity (Wildman–Crippen MR) is 59.2 cm³/mol. The fraction of sp³-hybridized carbons (Fsp3) is 0.417. The number of nitrogens with zero attached hydrogens (tertiary/aromatic N) is 1. The van der Waals surface area contributed by atoms with Crippen LogP contribution in [-0.2, 0) is 0 Å². The number of aliphatic imine (C=N–C) groups is 1. The quantitative estimate of drug-likeness (QED) is 0.460. The summed E-state index contributed by atoms with van der Waals surface area (Å²) in [5, 5.41) is 0. The lowest BCUT2D eigenvalue weighted by Crippen LogP contribution is -2.03. The molecule has 0 aromatic heterocycles. The van der Waals surface area contributed by atoms with Crippen LogP contribution < -0.4 is 0 Å². The molecule has 0 aromatic rings. The molecule has 1 atom stereocenters. The third kappa shape index (κ3) is 3.02. The van der Waals surface area contributed by atoms with Gasteiger partial charge in [-0.25, -0.2) is 0 Å². The van der Waals surface area contributed by atoms with Crippen LogP contribution in [0, 0.1) is 5.92 Å². The van der Waals surface area contributed by atoms with Crippen LogP contribution in [0.25, 0.3) is 0 Å². The van der Waals surface area contributed by atoms with Gasteiger partial charge >= 0.3 is 0 Å². The Hall–Kier alpha value is -1.11. The monoisotopic (exact) mass is 175 g/mol. The molecule has 1 heteroatoms. The maximum Gasteiger partial charge on any atom is 0.0419 e. The van der Waals surface area contributed by atoms with Crippen LogP contribution in [0.2, 0.25) is 0 Å². The van der Waals surface area contributed by atoms with Crippen LogP contribution >= 0.6 is 0 Å². The van der Waals surface area contributed by atoms with E-state index >= 15 is 0 Å². The van der Waals surface area contributed by atoms with E-state index in [1.807, 2.05) is 0 Å². The van der Waals surface area contributed by atoms with Crippen LogP contribution in [-0.4, -0.2) is 13.3 Å². The van der Waals surface area contributed by atoms with Gasteiger partial charge in [0.05, 0.1) is 0 Å². The van der Waals surface area contributed by atoms with Crippen molar-refractivity contribution in [1.29, 1.82) is 0 Å². The Labute approximate surface area is 80.6 Å². The molecule has 0 aromatic carbocycles. The molecule has 0 amide bonds. The average molecular weight is 175 g/mol. The van der Waals surface area contributed by atoms with Crippen molar-refractivity contribution in [1.82, 2.24) is 0 Å². The summed E-state index contributed by atoms with van der Waals surface area (Å²) >= 11 is 0. The second kappa shape index (κ2) is 5.52. The minimum atomic E-state index is 0.594. The summed E-state index contributed by atoms with van der Waals surface area (Å²) in [5.41, 5.74) is 1.48. The molecule has 0 saturated heterocycles. The molecule has 13 heavy (non-hydrogen) atoms. The Morgan fingerprint density at radius 1 is 1.62 bits per heavy atom. The first-order valence-electron chi connectivity index (χ1n) is 4.79. The topological polar surface area (TPSA) is 12.4 Å². The molecule has 0 saturated carbocycles. The molecule has 1 aliphatic carbocycles. The largest absolute Gasteiger partial charge is 0.301 e. The van der Waals surface area contributed by atoms with Crippen molar-refractivity contribution in [3.05, 3.63) is 36.0 Å². The molecule has 0 N–H and O–H groups in total. The molecule has 1 unspecified atom stereocenters. The van der Waals surface area contributed by atoms with Gasteiger partial charge in [-0.3, -0.25) is 0 Å². The van der Waals surface area contributed by atoms with E-state index in [-0.39, 0.29) is 0 Å². The van der Waals surface area contributed by atoms with E-state index in [0.717, 1.165) is 19.4 Å². The first-order chi connectivity index (χ1) is 6.38. The van der Waals surface area contributed by atoms with Crippen molar-refractivity contribution in [2.45, 2.75) is 19.8 Å². The zero-order valence-corrected chi connectivity index (χ0v) is 8.24. The maximum absolute atomic E-state index is 3.89. The highest BCUT2D eigenvalue weighted by Crippen LogP contribution is 2.23. The molecule has 0 fully saturated rings. The summed E-state index contributed by atoms with van der Waals surface area (Å²) in [4.78, 5) is 3.89. The molecule has 0 radical (unpaired) electrons. The fourth-order valence-electron chi connectivity index (χ4n) is 1.61. The van der Waals surface area contributed by atoms with Gasteiger partial charge in [-0.2, -0.15) is 0 Å². The summed E-state index contributed by atoms with van der Waals surface area (Å²) in [6.07, 6.45) is 13.1. The van der Waals surface area contributed by atoms with E-state index in [2.05, 4.69) is 49.0 Å². The Bertz CT molecular complexity index is 246. The van der Waals surface area contributed by atoms with Crippen molar-refractivity contribution < 1.29 is 0 Å². The Morgan fingerprint density at radius 3 is 3.00 bits per heavy atom. The van der Waals surface area contributed by atoms with Gasteiger partial charge in [-0.1, -0.05) is 36.0 Å². The summed E-state index contributed by atoms with van der Waals surface area (Å²) in [5.74, 6) is 0.594. The molecule has 0 bridgehead atoms. The molecule has 1 rings (SSSR count). The van der Waals surface area contributed by atoms with E-state index in [9.17, 15) is 0 Å². The molecule has 70 valence electrons. The number of hydrogen-bond donors (Lipinski definition) is 0. The van der Waals surface area contributed by atoms with E-state index in [1.165, 1.54) is 5.57 Å². The van der Waals surface area contributed by atoms with Gasteiger partial charge in [0.25, 0.3) is 0 Å². The summed E-state index contributed by atoms with van der Waals surface area (Å²) in [6.45, 7) is 6.45. The second-order valence-corrected chi connectivity index (χ2v) is 3.22. The van der Waals surface area contributed by atoms with E-state index in [4.69, 9.17) is 0 Å². The Balaban J connectivity index is 2.51. The molecular weight excluding hydrogens is 158 g/mol. The van der Waals surface area contributed by atoms with Crippen LogP contribution in [0.15, 0.2) is 40.9 Å². The number of rotatable bonds is 4. The summed E-state index contributed by atoms with van der Waals surface area (Å²) in [7, 11) is 0. The second-order valence-electron chi connectivity index (χ2n) is 3.22. The highest BCUT2D eigenvalue weighted by molar-refractivity contribution is 5.24. The van der Waals surface area contributed by atoms with Gasteiger partial charge < -0.3 is 4.99 Å². The number of allylic oxidation sites excluding steroid dienone is 5. The van der Waals surface area contributed by atoms with Crippen LogP contribution in [0.1, 0.15) is 19.8 Å². The smallest absolute Gasteiger partial charge is 0.0419 e. The Kier molecular flexibility index (Phi) is 4.24. The third-order valence-corrected chi connectivity index (χ3v) is 2.39. The van der Waals surface area contributed by atoms with Crippen molar-refractivity contribution in [3.63, 3.8) is 0 Å². The fourth-order valence-corrected chi connectivity index (χ4v) is 1.61. The van der Waals surface area contributed by atoms with E-state index < -0.39 is 0 Å². The molecule has 1 aliphatic rings. The van der Waals surface area contributed by atoms with Gasteiger partial charge in [0.1, 0.15) is 0 Å². The van der Waals surface area contributed by atoms with Gasteiger partial charge in [0.15, 0.2) is 0 Å².